The Labute approximate surface area is 148 Å². The number of hydrogen-bond acceptors (Lipinski definition) is 3. The van der Waals surface area contributed by atoms with Crippen molar-refractivity contribution in [1.29, 1.82) is 0 Å². The third-order valence-corrected chi connectivity index (χ3v) is 4.10. The molecule has 0 saturated carbocycles. The number of benzene rings is 1. The third-order valence-electron chi connectivity index (χ3n) is 4.10. The standard InChI is InChI=1S/C20H26N2O3/c1-12(2)18(22-19(23)16-9-6-13(3)7-10-16)20(24)21-15(5)17-11-8-14(4)25-17/h6-12,15,18H,1-5H3,(H,21,24)(H,22,23). The van der Waals surface area contributed by atoms with Crippen LogP contribution in [0.4, 0.5) is 0 Å². The molecule has 2 unspecified atom stereocenters. The molecule has 0 spiro atoms. The molecule has 0 fully saturated rings. The second-order valence-electron chi connectivity index (χ2n) is 6.74. The fourth-order valence-electron chi connectivity index (χ4n) is 2.52. The van der Waals surface area contributed by atoms with Crippen LogP contribution in [0.5, 0.6) is 0 Å². The highest BCUT2D eigenvalue weighted by Crippen LogP contribution is 2.16. The van der Waals surface area contributed by atoms with Gasteiger partial charge in [0.15, 0.2) is 0 Å². The van der Waals surface area contributed by atoms with Crippen molar-refractivity contribution < 1.29 is 14.0 Å². The SMILES string of the molecule is Cc1ccc(C(=O)NC(C(=O)NC(C)c2ccc(C)o2)C(C)C)cc1. The Kier molecular flexibility index (Phi) is 6.02. The summed E-state index contributed by atoms with van der Waals surface area (Å²) in [5.41, 5.74) is 1.62. The molecule has 0 aliphatic rings. The molecular formula is C20H26N2O3. The Hall–Kier alpha value is -2.56. The molecule has 2 N–H and O–H groups in total. The summed E-state index contributed by atoms with van der Waals surface area (Å²) in [6.45, 7) is 9.48. The van der Waals surface area contributed by atoms with E-state index in [-0.39, 0.29) is 23.8 Å². The Morgan fingerprint density at radius 3 is 2.08 bits per heavy atom. The zero-order chi connectivity index (χ0) is 18.6. The fraction of sp³-hybridized carbons (Fsp3) is 0.400. The van der Waals surface area contributed by atoms with Crippen LogP contribution in [0, 0.1) is 19.8 Å². The Balaban J connectivity index is 2.05. The number of aryl methyl sites for hydroxylation is 2. The average molecular weight is 342 g/mol. The van der Waals surface area contributed by atoms with Crippen LogP contribution >= 0.6 is 0 Å². The maximum absolute atomic E-state index is 12.6. The molecule has 1 aromatic carbocycles. The molecule has 1 aromatic heterocycles. The van der Waals surface area contributed by atoms with Crippen LogP contribution in [0.15, 0.2) is 40.8 Å². The summed E-state index contributed by atoms with van der Waals surface area (Å²) in [5, 5.41) is 5.74. The van der Waals surface area contributed by atoms with E-state index in [0.717, 1.165) is 11.3 Å². The smallest absolute Gasteiger partial charge is 0.251 e. The lowest BCUT2D eigenvalue weighted by Crippen LogP contribution is -2.50. The van der Waals surface area contributed by atoms with Gasteiger partial charge in [0.1, 0.15) is 17.6 Å². The molecule has 25 heavy (non-hydrogen) atoms. The van der Waals surface area contributed by atoms with E-state index in [9.17, 15) is 9.59 Å². The van der Waals surface area contributed by atoms with E-state index >= 15 is 0 Å². The van der Waals surface area contributed by atoms with Crippen LogP contribution in [0.1, 0.15) is 54.3 Å². The summed E-state index contributed by atoms with van der Waals surface area (Å²) in [7, 11) is 0. The van der Waals surface area contributed by atoms with E-state index in [1.807, 2.05) is 58.9 Å². The second-order valence-corrected chi connectivity index (χ2v) is 6.74. The van der Waals surface area contributed by atoms with Crippen molar-refractivity contribution in [3.63, 3.8) is 0 Å². The highest BCUT2D eigenvalue weighted by Gasteiger charge is 2.26. The number of nitrogens with one attached hydrogen (secondary N) is 2. The van der Waals surface area contributed by atoms with Crippen LogP contribution in [-0.4, -0.2) is 17.9 Å². The molecule has 0 aliphatic heterocycles. The molecule has 0 radical (unpaired) electrons. The first-order chi connectivity index (χ1) is 11.8. The largest absolute Gasteiger partial charge is 0.464 e. The summed E-state index contributed by atoms with van der Waals surface area (Å²) < 4.78 is 5.55. The van der Waals surface area contributed by atoms with Gasteiger partial charge in [-0.2, -0.15) is 0 Å². The summed E-state index contributed by atoms with van der Waals surface area (Å²) in [6.07, 6.45) is 0. The molecule has 2 atom stereocenters. The Bertz CT molecular complexity index is 732. The number of furan rings is 1. The molecular weight excluding hydrogens is 316 g/mol. The first-order valence-electron chi connectivity index (χ1n) is 8.52. The summed E-state index contributed by atoms with van der Waals surface area (Å²) >= 11 is 0. The van der Waals surface area contributed by atoms with Crippen molar-refractivity contribution in [3.8, 4) is 0 Å². The van der Waals surface area contributed by atoms with Crippen LogP contribution in [0.25, 0.3) is 0 Å². The summed E-state index contributed by atoms with van der Waals surface area (Å²) in [5.74, 6) is 0.967. The van der Waals surface area contributed by atoms with Gasteiger partial charge in [-0.15, -0.1) is 0 Å². The zero-order valence-corrected chi connectivity index (χ0v) is 15.4. The van der Waals surface area contributed by atoms with Gasteiger partial charge >= 0.3 is 0 Å². The van der Waals surface area contributed by atoms with E-state index < -0.39 is 6.04 Å². The lowest BCUT2D eigenvalue weighted by molar-refractivity contribution is -0.124. The normalized spacial score (nSPS) is 13.4. The lowest BCUT2D eigenvalue weighted by atomic mass is 10.0. The van der Waals surface area contributed by atoms with Gasteiger partial charge in [-0.25, -0.2) is 0 Å². The highest BCUT2D eigenvalue weighted by molar-refractivity contribution is 5.97. The maximum atomic E-state index is 12.6. The van der Waals surface area contributed by atoms with Gasteiger partial charge < -0.3 is 15.1 Å². The maximum Gasteiger partial charge on any atom is 0.251 e. The lowest BCUT2D eigenvalue weighted by Gasteiger charge is -2.23. The van der Waals surface area contributed by atoms with Crippen molar-refractivity contribution >= 4 is 11.8 Å². The van der Waals surface area contributed by atoms with Gasteiger partial charge in [0.2, 0.25) is 5.91 Å². The molecule has 5 nitrogen and oxygen atoms in total. The molecule has 0 saturated heterocycles. The topological polar surface area (TPSA) is 71.3 Å². The van der Waals surface area contributed by atoms with E-state index in [0.29, 0.717) is 11.3 Å². The molecule has 0 aliphatic carbocycles. The van der Waals surface area contributed by atoms with Gasteiger partial charge in [0.05, 0.1) is 6.04 Å². The van der Waals surface area contributed by atoms with Gasteiger partial charge in [-0.1, -0.05) is 31.5 Å². The molecule has 5 heteroatoms. The quantitative estimate of drug-likeness (QED) is 0.843. The number of carbonyl (C=O) groups is 2. The highest BCUT2D eigenvalue weighted by atomic mass is 16.3. The van der Waals surface area contributed by atoms with Gasteiger partial charge in [0, 0.05) is 5.56 Å². The van der Waals surface area contributed by atoms with Gasteiger partial charge in [-0.05, 0) is 51.0 Å². The predicted molar refractivity (Wildman–Crippen MR) is 97.3 cm³/mol. The minimum Gasteiger partial charge on any atom is -0.464 e. The van der Waals surface area contributed by atoms with E-state index in [2.05, 4.69) is 10.6 Å². The zero-order valence-electron chi connectivity index (χ0n) is 15.4. The van der Waals surface area contributed by atoms with Crippen molar-refractivity contribution in [2.24, 2.45) is 5.92 Å². The minimum atomic E-state index is -0.618. The molecule has 2 aromatic rings. The third kappa shape index (κ3) is 4.95. The summed E-state index contributed by atoms with van der Waals surface area (Å²) in [6, 6.07) is 10.1. The van der Waals surface area contributed by atoms with Crippen molar-refractivity contribution in [2.45, 2.75) is 46.7 Å². The van der Waals surface area contributed by atoms with Crippen molar-refractivity contribution in [1.82, 2.24) is 10.6 Å². The van der Waals surface area contributed by atoms with E-state index in [1.165, 1.54) is 0 Å². The minimum absolute atomic E-state index is 0.0417. The van der Waals surface area contributed by atoms with E-state index in [4.69, 9.17) is 4.42 Å². The Morgan fingerprint density at radius 1 is 0.920 bits per heavy atom. The first-order valence-corrected chi connectivity index (χ1v) is 8.52. The molecule has 0 bridgehead atoms. The molecule has 2 rings (SSSR count). The Morgan fingerprint density at radius 2 is 1.56 bits per heavy atom. The predicted octanol–water partition coefficient (Wildman–Crippen LogP) is 3.53. The van der Waals surface area contributed by atoms with Crippen LogP contribution < -0.4 is 10.6 Å². The van der Waals surface area contributed by atoms with Crippen LogP contribution in [0.3, 0.4) is 0 Å². The van der Waals surface area contributed by atoms with Gasteiger partial charge in [-0.3, -0.25) is 9.59 Å². The number of carbonyl (C=O) groups excluding carboxylic acids is 2. The number of hydrogen-bond donors (Lipinski definition) is 2. The van der Waals surface area contributed by atoms with Crippen LogP contribution in [-0.2, 0) is 4.79 Å². The number of rotatable bonds is 6. The second kappa shape index (κ2) is 8.01. The van der Waals surface area contributed by atoms with Crippen molar-refractivity contribution in [2.75, 3.05) is 0 Å². The molecule has 134 valence electrons. The van der Waals surface area contributed by atoms with Crippen LogP contribution in [0.2, 0.25) is 0 Å². The molecule has 2 amide bonds. The first kappa shape index (κ1) is 18.8. The molecule has 1 heterocycles. The van der Waals surface area contributed by atoms with E-state index in [1.54, 1.807) is 12.1 Å². The average Bonchev–Trinajstić information content (AvgIpc) is 2.99. The fourth-order valence-corrected chi connectivity index (χ4v) is 2.52. The summed E-state index contributed by atoms with van der Waals surface area (Å²) in [4.78, 5) is 25.1. The van der Waals surface area contributed by atoms with Gasteiger partial charge in [0.25, 0.3) is 5.91 Å². The monoisotopic (exact) mass is 342 g/mol. The number of amides is 2. The van der Waals surface area contributed by atoms with Crippen molar-refractivity contribution in [3.05, 3.63) is 59.0 Å².